The highest BCUT2D eigenvalue weighted by Gasteiger charge is 2.21. The Morgan fingerprint density at radius 1 is 1.07 bits per heavy atom. The number of aryl methyl sites for hydroxylation is 1. The summed E-state index contributed by atoms with van der Waals surface area (Å²) in [7, 11) is 0. The van der Waals surface area contributed by atoms with Crippen LogP contribution in [0.4, 0.5) is 5.69 Å². The van der Waals surface area contributed by atoms with Gasteiger partial charge >= 0.3 is 5.97 Å². The monoisotopic (exact) mass is 377 g/mol. The molecule has 28 heavy (non-hydrogen) atoms. The molecule has 2 N–H and O–H groups in total. The molecule has 0 aliphatic rings. The fourth-order valence-electron chi connectivity index (χ4n) is 3.40. The Morgan fingerprint density at radius 3 is 2.32 bits per heavy atom. The summed E-state index contributed by atoms with van der Waals surface area (Å²) < 4.78 is 6.18. The summed E-state index contributed by atoms with van der Waals surface area (Å²) in [6.07, 6.45) is 1.76. The molecular weight excluding hydrogens is 350 g/mol. The van der Waals surface area contributed by atoms with E-state index in [9.17, 15) is 4.79 Å². The van der Waals surface area contributed by atoms with E-state index in [0.29, 0.717) is 5.92 Å². The molecule has 0 amide bonds. The van der Waals surface area contributed by atoms with Crippen LogP contribution in [0.25, 0.3) is 11.3 Å². The van der Waals surface area contributed by atoms with Crippen LogP contribution in [0.2, 0.25) is 0 Å². The van der Waals surface area contributed by atoms with E-state index in [1.54, 1.807) is 12.1 Å². The summed E-state index contributed by atoms with van der Waals surface area (Å²) >= 11 is 0. The van der Waals surface area contributed by atoms with E-state index in [1.807, 2.05) is 30.3 Å². The molecule has 1 atom stereocenters. The first-order chi connectivity index (χ1) is 13.5. The number of aromatic carboxylic acids is 1. The molecule has 3 rings (SSSR count). The highest BCUT2D eigenvalue weighted by atomic mass is 16.4. The van der Waals surface area contributed by atoms with Crippen LogP contribution in [0, 0.1) is 5.92 Å². The Bertz CT molecular complexity index is 911. The van der Waals surface area contributed by atoms with Crippen LogP contribution in [0.3, 0.4) is 0 Å². The number of carboxylic acids is 1. The van der Waals surface area contributed by atoms with Crippen LogP contribution in [-0.2, 0) is 6.42 Å². The summed E-state index contributed by atoms with van der Waals surface area (Å²) in [5.74, 6) is 1.44. The van der Waals surface area contributed by atoms with Crippen LogP contribution in [0.1, 0.15) is 54.9 Å². The van der Waals surface area contributed by atoms with Gasteiger partial charge in [-0.15, -0.1) is 0 Å². The van der Waals surface area contributed by atoms with Crippen molar-refractivity contribution >= 4 is 11.7 Å². The molecule has 4 nitrogen and oxygen atoms in total. The summed E-state index contributed by atoms with van der Waals surface area (Å²) in [5, 5.41) is 12.7. The first-order valence-corrected chi connectivity index (χ1v) is 9.75. The van der Waals surface area contributed by atoms with Gasteiger partial charge in [-0.05, 0) is 42.7 Å². The van der Waals surface area contributed by atoms with Gasteiger partial charge in [0.1, 0.15) is 11.5 Å². The summed E-state index contributed by atoms with van der Waals surface area (Å²) in [6.45, 7) is 6.50. The molecule has 1 heterocycles. The number of nitrogens with one attached hydrogen (secondary N) is 1. The van der Waals surface area contributed by atoms with Crippen LogP contribution < -0.4 is 5.32 Å². The lowest BCUT2D eigenvalue weighted by Crippen LogP contribution is -2.14. The van der Waals surface area contributed by atoms with E-state index >= 15 is 0 Å². The molecule has 0 spiro atoms. The van der Waals surface area contributed by atoms with Gasteiger partial charge in [-0.2, -0.15) is 0 Å². The fraction of sp³-hybridized carbons (Fsp3) is 0.292. The SMILES string of the molecule is CCc1oc(-c2ccccc2)cc1C(CC(C)C)Nc1ccc(C(=O)O)cc1. The van der Waals surface area contributed by atoms with Crippen molar-refractivity contribution in [1.29, 1.82) is 0 Å². The Balaban J connectivity index is 1.92. The van der Waals surface area contributed by atoms with Crippen molar-refractivity contribution in [3.63, 3.8) is 0 Å². The number of anilines is 1. The summed E-state index contributed by atoms with van der Waals surface area (Å²) in [6, 6.07) is 19.2. The molecule has 0 saturated carbocycles. The second-order valence-electron chi connectivity index (χ2n) is 7.42. The van der Waals surface area contributed by atoms with Crippen LogP contribution in [-0.4, -0.2) is 11.1 Å². The quantitative estimate of drug-likeness (QED) is 0.476. The first kappa shape index (κ1) is 19.7. The number of hydrogen-bond acceptors (Lipinski definition) is 3. The van der Waals surface area contributed by atoms with E-state index < -0.39 is 5.97 Å². The zero-order valence-electron chi connectivity index (χ0n) is 16.6. The van der Waals surface area contributed by atoms with Gasteiger partial charge in [0.2, 0.25) is 0 Å². The second-order valence-corrected chi connectivity index (χ2v) is 7.42. The molecule has 146 valence electrons. The Morgan fingerprint density at radius 2 is 1.75 bits per heavy atom. The van der Waals surface area contributed by atoms with Crippen molar-refractivity contribution < 1.29 is 14.3 Å². The molecule has 1 unspecified atom stereocenters. The topological polar surface area (TPSA) is 62.5 Å². The minimum Gasteiger partial charge on any atom is -0.478 e. The predicted octanol–water partition coefficient (Wildman–Crippen LogP) is 6.41. The highest BCUT2D eigenvalue weighted by Crippen LogP contribution is 2.34. The Kier molecular flexibility index (Phi) is 6.19. The van der Waals surface area contributed by atoms with Crippen LogP contribution >= 0.6 is 0 Å². The van der Waals surface area contributed by atoms with Crippen molar-refractivity contribution in [2.75, 3.05) is 5.32 Å². The molecule has 0 radical (unpaired) electrons. The second kappa shape index (κ2) is 8.79. The molecule has 0 aliphatic carbocycles. The van der Waals surface area contributed by atoms with Gasteiger partial charge in [-0.1, -0.05) is 51.1 Å². The molecule has 2 aromatic carbocycles. The maximum Gasteiger partial charge on any atom is 0.335 e. The van der Waals surface area contributed by atoms with E-state index in [0.717, 1.165) is 41.2 Å². The lowest BCUT2D eigenvalue weighted by atomic mass is 9.95. The van der Waals surface area contributed by atoms with Gasteiger partial charge < -0.3 is 14.8 Å². The Hall–Kier alpha value is -3.01. The number of furan rings is 1. The lowest BCUT2D eigenvalue weighted by molar-refractivity contribution is 0.0697. The van der Waals surface area contributed by atoms with Gasteiger partial charge in [-0.3, -0.25) is 0 Å². The Labute approximate surface area is 166 Å². The maximum atomic E-state index is 11.1. The predicted molar refractivity (Wildman–Crippen MR) is 113 cm³/mol. The van der Waals surface area contributed by atoms with Crippen molar-refractivity contribution in [2.45, 2.75) is 39.7 Å². The number of hydrogen-bond donors (Lipinski definition) is 2. The van der Waals surface area contributed by atoms with Crippen LogP contribution in [0.15, 0.2) is 65.1 Å². The van der Waals surface area contributed by atoms with Gasteiger partial charge in [0, 0.05) is 23.2 Å². The molecule has 1 aromatic heterocycles. The van der Waals surface area contributed by atoms with E-state index in [4.69, 9.17) is 9.52 Å². The van der Waals surface area contributed by atoms with E-state index in [1.165, 1.54) is 0 Å². The van der Waals surface area contributed by atoms with E-state index in [-0.39, 0.29) is 11.6 Å². The normalized spacial score (nSPS) is 12.1. The van der Waals surface area contributed by atoms with Crippen molar-refractivity contribution in [3.8, 4) is 11.3 Å². The van der Waals surface area contributed by atoms with Crippen LogP contribution in [0.5, 0.6) is 0 Å². The molecule has 0 aliphatic heterocycles. The van der Waals surface area contributed by atoms with Crippen molar-refractivity contribution in [3.05, 3.63) is 77.6 Å². The molecule has 3 aromatic rings. The largest absolute Gasteiger partial charge is 0.478 e. The summed E-state index contributed by atoms with van der Waals surface area (Å²) in [5.41, 5.74) is 3.42. The molecule has 0 saturated heterocycles. The van der Waals surface area contributed by atoms with Crippen molar-refractivity contribution in [1.82, 2.24) is 0 Å². The van der Waals surface area contributed by atoms with Gasteiger partial charge in [-0.25, -0.2) is 4.79 Å². The van der Waals surface area contributed by atoms with E-state index in [2.05, 4.69) is 44.3 Å². The van der Waals surface area contributed by atoms with Gasteiger partial charge in [0.25, 0.3) is 0 Å². The third-order valence-corrected chi connectivity index (χ3v) is 4.78. The molecular formula is C24H27NO3. The number of rotatable bonds is 8. The maximum absolute atomic E-state index is 11.1. The minimum absolute atomic E-state index is 0.0897. The molecule has 0 fully saturated rings. The molecule has 0 bridgehead atoms. The minimum atomic E-state index is -0.916. The zero-order valence-corrected chi connectivity index (χ0v) is 16.6. The third kappa shape index (κ3) is 4.63. The third-order valence-electron chi connectivity index (χ3n) is 4.78. The van der Waals surface area contributed by atoms with Crippen molar-refractivity contribution in [2.24, 2.45) is 5.92 Å². The average Bonchev–Trinajstić information content (AvgIpc) is 3.13. The average molecular weight is 377 g/mol. The standard InChI is InChI=1S/C24H27NO3/c1-4-22-20(15-23(28-22)17-8-6-5-7-9-17)21(14-16(2)3)25-19-12-10-18(11-13-19)24(26)27/h5-13,15-16,21,25H,4,14H2,1-3H3,(H,26,27). The lowest BCUT2D eigenvalue weighted by Gasteiger charge is -2.22. The highest BCUT2D eigenvalue weighted by molar-refractivity contribution is 5.88. The number of benzene rings is 2. The summed E-state index contributed by atoms with van der Waals surface area (Å²) in [4.78, 5) is 11.1. The fourth-order valence-corrected chi connectivity index (χ4v) is 3.40. The smallest absolute Gasteiger partial charge is 0.335 e. The number of carbonyl (C=O) groups is 1. The molecule has 4 heteroatoms. The number of carboxylic acid groups (broad SMARTS) is 1. The zero-order chi connectivity index (χ0) is 20.1. The van der Waals surface area contributed by atoms with Gasteiger partial charge in [0.05, 0.1) is 11.6 Å². The first-order valence-electron chi connectivity index (χ1n) is 9.75. The van der Waals surface area contributed by atoms with Gasteiger partial charge in [0.15, 0.2) is 0 Å².